The van der Waals surface area contributed by atoms with E-state index in [1.54, 1.807) is 4.90 Å². The minimum atomic E-state index is -0.0319. The number of hydrogen-bond donors (Lipinski definition) is 2. The third-order valence-electron chi connectivity index (χ3n) is 10.2. The Morgan fingerprint density at radius 1 is 1.06 bits per heavy atom. The Kier molecular flexibility index (Phi) is 6.68. The SMILES string of the molecule is Cc1ccc2c(c1)C[NH+](C)C[C@]21C[NH2+]C[C@H]1C(=O)N1CC[C@@H](c2ccccc2)C[C@H]1C1CCCCC1. The van der Waals surface area contributed by atoms with Crippen molar-refractivity contribution in [2.75, 3.05) is 33.2 Å². The number of nitrogens with one attached hydrogen (secondary N) is 1. The van der Waals surface area contributed by atoms with Crippen molar-refractivity contribution in [2.45, 2.75) is 75.8 Å². The number of rotatable bonds is 3. The van der Waals surface area contributed by atoms with Crippen LogP contribution in [-0.2, 0) is 16.8 Å². The highest BCUT2D eigenvalue weighted by atomic mass is 16.2. The Bertz CT molecular complexity index is 1080. The zero-order valence-corrected chi connectivity index (χ0v) is 22.3. The first-order valence-corrected chi connectivity index (χ1v) is 14.6. The molecule has 4 aliphatic rings. The Hall–Kier alpha value is -2.17. The summed E-state index contributed by atoms with van der Waals surface area (Å²) in [5.74, 6) is 1.81. The molecule has 1 unspecified atom stereocenters. The van der Waals surface area contributed by atoms with Crippen molar-refractivity contribution in [3.63, 3.8) is 0 Å². The summed E-state index contributed by atoms with van der Waals surface area (Å²) >= 11 is 0. The normalized spacial score (nSPS) is 33.0. The highest BCUT2D eigenvalue weighted by Gasteiger charge is 2.58. The number of amides is 1. The van der Waals surface area contributed by atoms with Crippen LogP contribution in [0.3, 0.4) is 0 Å². The summed E-state index contributed by atoms with van der Waals surface area (Å²) in [6.45, 7) is 7.26. The zero-order chi connectivity index (χ0) is 24.7. The largest absolute Gasteiger partial charge is 0.345 e. The molecule has 2 aromatic rings. The van der Waals surface area contributed by atoms with Crippen molar-refractivity contribution in [1.82, 2.24) is 4.90 Å². The van der Waals surface area contributed by atoms with Gasteiger partial charge in [0.2, 0.25) is 5.91 Å². The van der Waals surface area contributed by atoms with Crippen LogP contribution >= 0.6 is 0 Å². The molecule has 6 rings (SSSR count). The summed E-state index contributed by atoms with van der Waals surface area (Å²) in [5, 5.41) is 2.44. The molecule has 2 saturated heterocycles. The van der Waals surface area contributed by atoms with Crippen molar-refractivity contribution in [2.24, 2.45) is 11.8 Å². The maximum Gasteiger partial charge on any atom is 0.233 e. The molecule has 1 aliphatic carbocycles. The maximum absolute atomic E-state index is 14.7. The van der Waals surface area contributed by atoms with Gasteiger partial charge >= 0.3 is 0 Å². The highest BCUT2D eigenvalue weighted by Crippen LogP contribution is 2.43. The summed E-state index contributed by atoms with van der Waals surface area (Å²) in [5.41, 5.74) is 5.72. The number of nitrogens with zero attached hydrogens (tertiary/aromatic N) is 1. The van der Waals surface area contributed by atoms with Crippen LogP contribution in [-0.4, -0.2) is 50.1 Å². The summed E-state index contributed by atoms with van der Waals surface area (Å²) in [4.78, 5) is 18.6. The number of nitrogens with two attached hydrogens (primary N) is 1. The van der Waals surface area contributed by atoms with Crippen molar-refractivity contribution in [3.05, 3.63) is 70.8 Å². The monoisotopic (exact) mass is 487 g/mol. The van der Waals surface area contributed by atoms with E-state index in [1.807, 2.05) is 0 Å². The lowest BCUT2D eigenvalue weighted by atomic mass is 9.67. The molecule has 1 amide bonds. The number of carbonyl (C=O) groups excluding carboxylic acids is 1. The average Bonchev–Trinajstić information content (AvgIpc) is 3.32. The van der Waals surface area contributed by atoms with Gasteiger partial charge in [-0.05, 0) is 55.6 Å². The molecule has 3 fully saturated rings. The van der Waals surface area contributed by atoms with Crippen LogP contribution in [0, 0.1) is 18.8 Å². The number of hydrogen-bond acceptors (Lipinski definition) is 1. The number of quaternary nitrogens is 2. The van der Waals surface area contributed by atoms with Crippen LogP contribution in [0.15, 0.2) is 48.5 Å². The maximum atomic E-state index is 14.7. The van der Waals surface area contributed by atoms with Gasteiger partial charge in [-0.15, -0.1) is 0 Å². The molecule has 0 aromatic heterocycles. The van der Waals surface area contributed by atoms with E-state index in [9.17, 15) is 4.79 Å². The van der Waals surface area contributed by atoms with Gasteiger partial charge in [0.05, 0.1) is 26.7 Å². The van der Waals surface area contributed by atoms with E-state index in [1.165, 1.54) is 54.4 Å². The minimum absolute atomic E-state index is 0.0319. The fourth-order valence-electron chi connectivity index (χ4n) is 8.55. The van der Waals surface area contributed by atoms with Crippen molar-refractivity contribution < 1.29 is 15.0 Å². The van der Waals surface area contributed by atoms with Gasteiger partial charge in [-0.1, -0.05) is 73.4 Å². The van der Waals surface area contributed by atoms with Crippen molar-refractivity contribution >= 4 is 5.91 Å². The fraction of sp³-hybridized carbons (Fsp3) is 0.594. The van der Waals surface area contributed by atoms with Gasteiger partial charge in [-0.3, -0.25) is 4.79 Å². The van der Waals surface area contributed by atoms with E-state index in [-0.39, 0.29) is 11.3 Å². The van der Waals surface area contributed by atoms with Crippen LogP contribution in [0.4, 0.5) is 0 Å². The number of likely N-dealkylation sites (tertiary alicyclic amines) is 1. The standard InChI is InChI=1S/C32H43N3O/c1-23-13-14-28-27(17-23)20-34(2)22-32(28)21-33-19-29(32)31(36)35-16-15-26(24-9-5-3-6-10-24)18-30(35)25-11-7-4-8-12-25/h3,5-6,9-10,13-14,17,25-26,29-30,33H,4,7-8,11-12,15-16,18-22H2,1-2H3/p+2/t26-,29+,30+,32-/m1/s1. The summed E-state index contributed by atoms with van der Waals surface area (Å²) < 4.78 is 0. The molecule has 3 aliphatic heterocycles. The highest BCUT2D eigenvalue weighted by molar-refractivity contribution is 5.82. The Morgan fingerprint density at radius 2 is 1.86 bits per heavy atom. The molecule has 3 heterocycles. The van der Waals surface area contributed by atoms with Crippen LogP contribution in [0.2, 0.25) is 0 Å². The van der Waals surface area contributed by atoms with Crippen LogP contribution in [0.25, 0.3) is 0 Å². The summed E-state index contributed by atoms with van der Waals surface area (Å²) in [6.07, 6.45) is 8.88. The molecule has 192 valence electrons. The first-order chi connectivity index (χ1) is 17.5. The third kappa shape index (κ3) is 4.31. The van der Waals surface area contributed by atoms with E-state index in [0.717, 1.165) is 45.6 Å². The topological polar surface area (TPSA) is 41.4 Å². The Labute approximate surface area is 217 Å². The lowest BCUT2D eigenvalue weighted by molar-refractivity contribution is -0.902. The second kappa shape index (κ2) is 9.95. The van der Waals surface area contributed by atoms with E-state index < -0.39 is 0 Å². The van der Waals surface area contributed by atoms with Gasteiger partial charge in [0, 0.05) is 18.2 Å². The molecule has 4 heteroatoms. The molecule has 36 heavy (non-hydrogen) atoms. The number of piperidine rings is 1. The first kappa shape index (κ1) is 24.2. The number of aryl methyl sites for hydroxylation is 1. The van der Waals surface area contributed by atoms with Crippen molar-refractivity contribution in [1.29, 1.82) is 0 Å². The molecular weight excluding hydrogens is 442 g/mol. The quantitative estimate of drug-likeness (QED) is 0.687. The van der Waals surface area contributed by atoms with Crippen LogP contribution in [0.5, 0.6) is 0 Å². The number of fused-ring (bicyclic) bond motifs is 2. The van der Waals surface area contributed by atoms with E-state index in [2.05, 4.69) is 72.7 Å². The molecule has 1 saturated carbocycles. The molecule has 2 aromatic carbocycles. The molecule has 4 nitrogen and oxygen atoms in total. The van der Waals surface area contributed by atoms with Gasteiger partial charge in [0.15, 0.2) is 0 Å². The molecule has 0 bridgehead atoms. The zero-order valence-electron chi connectivity index (χ0n) is 22.3. The van der Waals surface area contributed by atoms with Gasteiger partial charge in [0.1, 0.15) is 17.9 Å². The molecule has 0 radical (unpaired) electrons. The van der Waals surface area contributed by atoms with Crippen LogP contribution < -0.4 is 10.2 Å². The van der Waals surface area contributed by atoms with Gasteiger partial charge in [-0.25, -0.2) is 0 Å². The van der Waals surface area contributed by atoms with Gasteiger partial charge < -0.3 is 15.1 Å². The number of carbonyl (C=O) groups is 1. The second-order valence-electron chi connectivity index (χ2n) is 12.5. The lowest BCUT2D eigenvalue weighted by Gasteiger charge is -2.47. The first-order valence-electron chi connectivity index (χ1n) is 14.6. The van der Waals surface area contributed by atoms with Gasteiger partial charge in [0.25, 0.3) is 0 Å². The fourth-order valence-corrected chi connectivity index (χ4v) is 8.55. The predicted molar refractivity (Wildman–Crippen MR) is 144 cm³/mol. The third-order valence-corrected chi connectivity index (χ3v) is 10.2. The van der Waals surface area contributed by atoms with Crippen LogP contribution in [0.1, 0.15) is 73.1 Å². The molecule has 1 spiro atoms. The van der Waals surface area contributed by atoms with E-state index in [0.29, 0.717) is 23.8 Å². The Balaban J connectivity index is 1.32. The van der Waals surface area contributed by atoms with Crippen molar-refractivity contribution in [3.8, 4) is 0 Å². The minimum Gasteiger partial charge on any atom is -0.345 e. The smallest absolute Gasteiger partial charge is 0.233 e. The number of benzene rings is 2. The molecule has 5 atom stereocenters. The summed E-state index contributed by atoms with van der Waals surface area (Å²) in [7, 11) is 2.32. The van der Waals surface area contributed by atoms with E-state index in [4.69, 9.17) is 0 Å². The summed E-state index contributed by atoms with van der Waals surface area (Å²) in [6, 6.07) is 18.5. The lowest BCUT2D eigenvalue weighted by Crippen LogP contribution is -3.11. The molecular formula is C32H45N3O+2. The molecule has 3 N–H and O–H groups in total. The number of likely N-dealkylation sites (N-methyl/N-ethyl adjacent to an activating group) is 1. The van der Waals surface area contributed by atoms with Gasteiger partial charge in [-0.2, -0.15) is 0 Å². The second-order valence-corrected chi connectivity index (χ2v) is 12.5. The predicted octanol–water partition coefficient (Wildman–Crippen LogP) is 2.81. The Morgan fingerprint density at radius 3 is 2.67 bits per heavy atom. The average molecular weight is 488 g/mol. The van der Waals surface area contributed by atoms with E-state index >= 15 is 0 Å².